The number of rotatable bonds is 24. The van der Waals surface area contributed by atoms with Crippen LogP contribution in [0.15, 0.2) is 9.98 Å². The quantitative estimate of drug-likeness (QED) is 0.0841. The van der Waals surface area contributed by atoms with Crippen molar-refractivity contribution in [3.05, 3.63) is 0 Å². The van der Waals surface area contributed by atoms with Crippen molar-refractivity contribution in [2.45, 2.75) is 164 Å². The van der Waals surface area contributed by atoms with Gasteiger partial charge in [0.25, 0.3) is 0 Å². The minimum atomic E-state index is -0.268. The topological polar surface area (TPSA) is 61.6 Å². The normalized spacial score (nSPS) is 18.0. The Labute approximate surface area is 255 Å². The molecule has 0 heterocycles. The lowest BCUT2D eigenvalue weighted by Crippen LogP contribution is -2.36. The lowest BCUT2D eigenvalue weighted by molar-refractivity contribution is -0.122. The van der Waals surface area contributed by atoms with Crippen LogP contribution in [-0.4, -0.2) is 73.3 Å². The molecule has 0 aliphatic heterocycles. The van der Waals surface area contributed by atoms with E-state index in [9.17, 15) is 0 Å². The maximum Gasteiger partial charge on any atom is 0.0708 e. The van der Waals surface area contributed by atoms with Gasteiger partial charge in [-0.2, -0.15) is 0 Å². The van der Waals surface area contributed by atoms with Gasteiger partial charge in [0.05, 0.1) is 48.8 Å². The van der Waals surface area contributed by atoms with Crippen molar-refractivity contribution in [2.75, 3.05) is 39.5 Å². The molecule has 0 amide bonds. The van der Waals surface area contributed by atoms with Crippen LogP contribution in [0.4, 0.5) is 0 Å². The molecule has 6 heteroatoms. The Morgan fingerprint density at radius 3 is 1.24 bits per heavy atom. The van der Waals surface area contributed by atoms with Crippen molar-refractivity contribution in [1.29, 1.82) is 0 Å². The zero-order valence-electron chi connectivity index (χ0n) is 29.9. The Kier molecular flexibility index (Phi) is 19.1. The first kappa shape index (κ1) is 40.2. The van der Waals surface area contributed by atoms with Gasteiger partial charge >= 0.3 is 0 Å². The summed E-state index contributed by atoms with van der Waals surface area (Å²) < 4.78 is 25.4. The number of hydrogen-bond acceptors (Lipinski definition) is 6. The third kappa shape index (κ3) is 17.8. The summed E-state index contributed by atoms with van der Waals surface area (Å²) in [6.45, 7) is 34.6. The molecular formula is C35H70N2O4. The fourth-order valence-corrected chi connectivity index (χ4v) is 4.09. The molecule has 0 N–H and O–H groups in total. The summed E-state index contributed by atoms with van der Waals surface area (Å²) in [7, 11) is 0. The van der Waals surface area contributed by atoms with E-state index >= 15 is 0 Å². The van der Waals surface area contributed by atoms with Gasteiger partial charge in [0.2, 0.25) is 0 Å². The highest BCUT2D eigenvalue weighted by atomic mass is 16.6. The van der Waals surface area contributed by atoms with Crippen LogP contribution in [0.3, 0.4) is 0 Å². The van der Waals surface area contributed by atoms with Crippen molar-refractivity contribution in [1.82, 2.24) is 0 Å². The van der Waals surface area contributed by atoms with E-state index in [4.69, 9.17) is 28.9 Å². The van der Waals surface area contributed by atoms with E-state index < -0.39 is 0 Å². The third-order valence-electron chi connectivity index (χ3n) is 9.18. The van der Waals surface area contributed by atoms with Crippen molar-refractivity contribution < 1.29 is 18.9 Å². The first-order valence-corrected chi connectivity index (χ1v) is 16.5. The molecule has 0 bridgehead atoms. The summed E-state index contributed by atoms with van der Waals surface area (Å²) in [5, 5.41) is 0. The monoisotopic (exact) mass is 583 g/mol. The van der Waals surface area contributed by atoms with Gasteiger partial charge in [-0.05, 0) is 105 Å². The average molecular weight is 583 g/mol. The molecule has 0 fully saturated rings. The molecule has 0 aromatic heterocycles. The molecule has 3 unspecified atom stereocenters. The van der Waals surface area contributed by atoms with Crippen LogP contribution in [0, 0.1) is 11.8 Å². The highest BCUT2D eigenvalue weighted by molar-refractivity contribution is 5.84. The van der Waals surface area contributed by atoms with Gasteiger partial charge in [-0.15, -0.1) is 0 Å². The van der Waals surface area contributed by atoms with Crippen LogP contribution < -0.4 is 0 Å². The standard InChI is InChI=1S/C35H70N2O4/c1-15-33(12,18-22-36-30(8)28(4)5)39-24-20-32(10,11)38-26-27-41-35(14,17-3)21-25-40-34(13,16-2)19-23-37-31(9)29(6)7/h28-29H,15-27H2,1-14H3. The smallest absolute Gasteiger partial charge is 0.0708 e. The summed E-state index contributed by atoms with van der Waals surface area (Å²) in [4.78, 5) is 9.48. The molecule has 0 aromatic rings. The Hall–Kier alpha value is -0.820. The van der Waals surface area contributed by atoms with Crippen LogP contribution in [0.1, 0.15) is 142 Å². The predicted octanol–water partition coefficient (Wildman–Crippen LogP) is 9.13. The first-order chi connectivity index (χ1) is 19.0. The summed E-state index contributed by atoms with van der Waals surface area (Å²) in [6, 6.07) is 0. The van der Waals surface area contributed by atoms with Crippen LogP contribution >= 0.6 is 0 Å². The van der Waals surface area contributed by atoms with Crippen molar-refractivity contribution in [2.24, 2.45) is 21.8 Å². The minimum absolute atomic E-state index is 0.154. The molecule has 0 aromatic carbocycles. The van der Waals surface area contributed by atoms with Gasteiger partial charge < -0.3 is 18.9 Å². The molecule has 0 radical (unpaired) electrons. The van der Waals surface area contributed by atoms with Gasteiger partial charge in [0.15, 0.2) is 0 Å². The number of hydrogen-bond donors (Lipinski definition) is 0. The van der Waals surface area contributed by atoms with E-state index in [1.807, 2.05) is 0 Å². The molecule has 244 valence electrons. The zero-order valence-corrected chi connectivity index (χ0v) is 29.9. The first-order valence-electron chi connectivity index (χ1n) is 16.5. The average Bonchev–Trinajstić information content (AvgIpc) is 2.90. The molecule has 6 nitrogen and oxygen atoms in total. The summed E-state index contributed by atoms with van der Waals surface area (Å²) in [5.41, 5.74) is 1.62. The number of aliphatic imine (C=N–C) groups is 2. The van der Waals surface area contributed by atoms with Crippen molar-refractivity contribution in [3.63, 3.8) is 0 Å². The van der Waals surface area contributed by atoms with E-state index in [2.05, 4.69) is 96.9 Å². The molecule has 0 saturated carbocycles. The Morgan fingerprint density at radius 2 is 0.854 bits per heavy atom. The van der Waals surface area contributed by atoms with Crippen molar-refractivity contribution in [3.8, 4) is 0 Å². The second kappa shape index (κ2) is 19.5. The Bertz CT molecular complexity index is 763. The minimum Gasteiger partial charge on any atom is -0.375 e. The van der Waals surface area contributed by atoms with Gasteiger partial charge in [0, 0.05) is 24.5 Å². The molecule has 0 rings (SSSR count). The van der Waals surface area contributed by atoms with Crippen LogP contribution in [0.2, 0.25) is 0 Å². The number of ether oxygens (including phenoxy) is 4. The second-order valence-electron chi connectivity index (χ2n) is 13.9. The molecule has 0 spiro atoms. The maximum atomic E-state index is 6.41. The van der Waals surface area contributed by atoms with E-state index in [1.165, 1.54) is 11.4 Å². The Morgan fingerprint density at radius 1 is 0.512 bits per heavy atom. The molecular weight excluding hydrogens is 512 g/mol. The van der Waals surface area contributed by atoms with Crippen molar-refractivity contribution >= 4 is 11.4 Å². The van der Waals surface area contributed by atoms with E-state index in [0.29, 0.717) is 38.3 Å². The van der Waals surface area contributed by atoms with Gasteiger partial charge in [0.1, 0.15) is 0 Å². The van der Waals surface area contributed by atoms with E-state index in [0.717, 1.165) is 58.0 Å². The molecule has 0 aliphatic carbocycles. The molecule has 0 aliphatic rings. The third-order valence-corrected chi connectivity index (χ3v) is 9.18. The van der Waals surface area contributed by atoms with E-state index in [-0.39, 0.29) is 22.4 Å². The highest BCUT2D eigenvalue weighted by Gasteiger charge is 2.28. The fraction of sp³-hybridized carbons (Fsp3) is 0.943. The summed E-state index contributed by atoms with van der Waals surface area (Å²) in [6.07, 6.45) is 6.46. The molecule has 3 atom stereocenters. The van der Waals surface area contributed by atoms with E-state index in [1.54, 1.807) is 0 Å². The number of nitrogens with zero attached hydrogens (tertiary/aromatic N) is 2. The maximum absolute atomic E-state index is 6.41. The molecule has 41 heavy (non-hydrogen) atoms. The Balaban J connectivity index is 4.55. The second-order valence-corrected chi connectivity index (χ2v) is 13.9. The highest BCUT2D eigenvalue weighted by Crippen LogP contribution is 2.26. The predicted molar refractivity (Wildman–Crippen MR) is 178 cm³/mol. The fourth-order valence-electron chi connectivity index (χ4n) is 4.09. The largest absolute Gasteiger partial charge is 0.375 e. The summed E-state index contributed by atoms with van der Waals surface area (Å²) >= 11 is 0. The van der Waals surface area contributed by atoms with Gasteiger partial charge in [-0.3, -0.25) is 9.98 Å². The lowest BCUT2D eigenvalue weighted by atomic mass is 9.97. The van der Waals surface area contributed by atoms with Gasteiger partial charge in [-0.25, -0.2) is 0 Å². The van der Waals surface area contributed by atoms with Gasteiger partial charge in [-0.1, -0.05) is 48.5 Å². The zero-order chi connectivity index (χ0) is 31.7. The lowest BCUT2D eigenvalue weighted by Gasteiger charge is -2.34. The molecule has 0 saturated heterocycles. The van der Waals surface area contributed by atoms with Crippen LogP contribution in [-0.2, 0) is 18.9 Å². The van der Waals surface area contributed by atoms with Crippen LogP contribution in [0.5, 0.6) is 0 Å². The SMILES string of the molecule is CCC(C)(CCN=C(C)C(C)C)OCCC(C)(C)OCCOC(C)(CC)CCOC(C)(CC)CCN=C(C)C(C)C. The van der Waals surface area contributed by atoms with Crippen LogP contribution in [0.25, 0.3) is 0 Å². The summed E-state index contributed by atoms with van der Waals surface area (Å²) in [5.74, 6) is 1.00.